The van der Waals surface area contributed by atoms with Crippen LogP contribution in [0.2, 0.25) is 0 Å². The number of fused-ring (bicyclic) bond motifs is 3. The lowest BCUT2D eigenvalue weighted by Gasteiger charge is -2.32. The van der Waals surface area contributed by atoms with E-state index in [1.807, 2.05) is 12.1 Å². The Kier molecular flexibility index (Phi) is 5.82. The van der Waals surface area contributed by atoms with Gasteiger partial charge in [0.05, 0.1) is 10.6 Å². The van der Waals surface area contributed by atoms with E-state index in [2.05, 4.69) is 31.1 Å². The maximum absolute atomic E-state index is 11.4. The molecule has 152 valence electrons. The van der Waals surface area contributed by atoms with Crippen molar-refractivity contribution >= 4 is 17.4 Å². The van der Waals surface area contributed by atoms with Crippen LogP contribution in [0.4, 0.5) is 5.69 Å². The quantitative estimate of drug-likeness (QED) is 0.259. The Balaban J connectivity index is 2.22. The summed E-state index contributed by atoms with van der Waals surface area (Å²) in [6.45, 7) is 7.41. The Hall–Kier alpha value is -3.02. The standard InChI is InChI=1S/C23H26N2O4/c1-5-11-23(12-6-2)21-13-17(15(3)24-29-16(4)26)7-9-19(21)20-10-8-18(25(27)28)14-22(20)23/h7-10,13-14H,5-6,11-12H2,1-4H3/b24-15+. The van der Waals surface area contributed by atoms with E-state index >= 15 is 0 Å². The molecule has 6 heteroatoms. The average molecular weight is 394 g/mol. The number of carbonyl (C=O) groups is 1. The number of non-ortho nitro benzene ring substituents is 1. The van der Waals surface area contributed by atoms with Crippen molar-refractivity contribution in [2.24, 2.45) is 5.16 Å². The SMILES string of the molecule is CCCC1(CCC)c2cc(/C(C)=N/OC(C)=O)ccc2-c2ccc([N+](=O)[O-])cc21. The summed E-state index contributed by atoms with van der Waals surface area (Å²) in [4.78, 5) is 27.0. The van der Waals surface area contributed by atoms with Gasteiger partial charge in [-0.2, -0.15) is 0 Å². The highest BCUT2D eigenvalue weighted by molar-refractivity contribution is 6.00. The largest absolute Gasteiger partial charge is 0.331 e. The van der Waals surface area contributed by atoms with Gasteiger partial charge in [-0.3, -0.25) is 10.1 Å². The van der Waals surface area contributed by atoms with Crippen LogP contribution in [0.15, 0.2) is 41.6 Å². The first-order valence-electron chi connectivity index (χ1n) is 10.0. The molecule has 2 aromatic carbocycles. The molecule has 1 aliphatic carbocycles. The summed E-state index contributed by atoms with van der Waals surface area (Å²) in [5, 5.41) is 15.3. The third-order valence-electron chi connectivity index (χ3n) is 5.64. The molecule has 0 unspecified atom stereocenters. The molecule has 6 nitrogen and oxygen atoms in total. The van der Waals surface area contributed by atoms with Crippen LogP contribution in [0.3, 0.4) is 0 Å². The number of rotatable bonds is 7. The minimum absolute atomic E-state index is 0.126. The predicted octanol–water partition coefficient (Wildman–Crippen LogP) is 5.75. The fourth-order valence-corrected chi connectivity index (χ4v) is 4.52. The number of nitro benzene ring substituents is 1. The van der Waals surface area contributed by atoms with Crippen LogP contribution >= 0.6 is 0 Å². The van der Waals surface area contributed by atoms with E-state index < -0.39 is 5.97 Å². The van der Waals surface area contributed by atoms with Gasteiger partial charge < -0.3 is 4.84 Å². The third-order valence-corrected chi connectivity index (χ3v) is 5.64. The van der Waals surface area contributed by atoms with E-state index in [-0.39, 0.29) is 16.0 Å². The summed E-state index contributed by atoms with van der Waals surface area (Å²) in [6.07, 6.45) is 3.75. The normalized spacial score (nSPS) is 14.3. The molecule has 0 N–H and O–H groups in total. The van der Waals surface area contributed by atoms with Gasteiger partial charge in [-0.25, -0.2) is 4.79 Å². The van der Waals surface area contributed by atoms with Crippen molar-refractivity contribution in [2.75, 3.05) is 0 Å². The predicted molar refractivity (Wildman–Crippen MR) is 113 cm³/mol. The van der Waals surface area contributed by atoms with Crippen molar-refractivity contribution < 1.29 is 14.6 Å². The van der Waals surface area contributed by atoms with Crippen LogP contribution in [-0.2, 0) is 15.0 Å². The summed E-state index contributed by atoms with van der Waals surface area (Å²) >= 11 is 0. The van der Waals surface area contributed by atoms with Crippen LogP contribution in [0.25, 0.3) is 11.1 Å². The highest BCUT2D eigenvalue weighted by atomic mass is 16.7. The number of oxime groups is 1. The molecular formula is C23H26N2O4. The van der Waals surface area contributed by atoms with Crippen molar-refractivity contribution in [1.82, 2.24) is 0 Å². The van der Waals surface area contributed by atoms with Crippen LogP contribution in [0.1, 0.15) is 70.1 Å². The third kappa shape index (κ3) is 3.67. The maximum Gasteiger partial charge on any atom is 0.331 e. The Morgan fingerprint density at radius 1 is 1.03 bits per heavy atom. The molecule has 0 heterocycles. The van der Waals surface area contributed by atoms with Crippen molar-refractivity contribution in [2.45, 2.75) is 58.8 Å². The Bertz CT molecular complexity index is 988. The zero-order valence-corrected chi connectivity index (χ0v) is 17.3. The average Bonchev–Trinajstić information content (AvgIpc) is 2.95. The van der Waals surface area contributed by atoms with E-state index in [4.69, 9.17) is 4.84 Å². The summed E-state index contributed by atoms with van der Waals surface area (Å²) in [7, 11) is 0. The first-order valence-corrected chi connectivity index (χ1v) is 10.0. The molecule has 1 aliphatic rings. The number of hydrogen-bond acceptors (Lipinski definition) is 5. The highest BCUT2D eigenvalue weighted by Gasteiger charge is 2.42. The zero-order chi connectivity index (χ0) is 21.2. The van der Waals surface area contributed by atoms with Gasteiger partial charge in [-0.15, -0.1) is 0 Å². The minimum atomic E-state index is -0.462. The second kappa shape index (κ2) is 8.15. The van der Waals surface area contributed by atoms with Gasteiger partial charge >= 0.3 is 5.97 Å². The summed E-state index contributed by atoms with van der Waals surface area (Å²) in [5.74, 6) is -0.462. The summed E-state index contributed by atoms with van der Waals surface area (Å²) < 4.78 is 0. The van der Waals surface area contributed by atoms with E-state index in [1.54, 1.807) is 19.1 Å². The van der Waals surface area contributed by atoms with Gasteiger partial charge in [0, 0.05) is 24.5 Å². The molecule has 2 aromatic rings. The molecule has 0 saturated carbocycles. The van der Waals surface area contributed by atoms with Crippen LogP contribution in [0, 0.1) is 10.1 Å². The van der Waals surface area contributed by atoms with Gasteiger partial charge in [-0.1, -0.05) is 44.0 Å². The molecule has 0 fully saturated rings. The molecule has 0 saturated heterocycles. The second-order valence-corrected chi connectivity index (χ2v) is 7.59. The molecule has 29 heavy (non-hydrogen) atoms. The summed E-state index contributed by atoms with van der Waals surface area (Å²) in [5.41, 5.74) is 5.74. The maximum atomic E-state index is 11.4. The molecule has 0 radical (unpaired) electrons. The molecule has 0 amide bonds. The van der Waals surface area contributed by atoms with Gasteiger partial charge in [0.2, 0.25) is 0 Å². The Labute approximate surface area is 170 Å². The topological polar surface area (TPSA) is 81.8 Å². The molecule has 0 atom stereocenters. The van der Waals surface area contributed by atoms with E-state index in [0.717, 1.165) is 47.9 Å². The molecular weight excluding hydrogens is 368 g/mol. The second-order valence-electron chi connectivity index (χ2n) is 7.59. The Morgan fingerprint density at radius 2 is 1.62 bits per heavy atom. The van der Waals surface area contributed by atoms with E-state index in [1.165, 1.54) is 12.5 Å². The summed E-state index contributed by atoms with van der Waals surface area (Å²) in [6, 6.07) is 11.3. The van der Waals surface area contributed by atoms with E-state index in [0.29, 0.717) is 5.71 Å². The molecule has 0 aromatic heterocycles. The smallest absolute Gasteiger partial charge is 0.318 e. The first-order chi connectivity index (χ1) is 13.8. The van der Waals surface area contributed by atoms with Crippen molar-refractivity contribution in [3.8, 4) is 11.1 Å². The molecule has 0 aliphatic heterocycles. The van der Waals surface area contributed by atoms with Crippen LogP contribution in [-0.4, -0.2) is 16.6 Å². The van der Waals surface area contributed by atoms with Crippen molar-refractivity contribution in [3.05, 3.63) is 63.2 Å². The molecule has 0 bridgehead atoms. The lowest BCUT2D eigenvalue weighted by atomic mass is 9.71. The lowest BCUT2D eigenvalue weighted by molar-refractivity contribution is -0.384. The molecule has 0 spiro atoms. The number of benzene rings is 2. The Morgan fingerprint density at radius 3 is 2.17 bits per heavy atom. The van der Waals surface area contributed by atoms with Gasteiger partial charge in [0.1, 0.15) is 0 Å². The first kappa shape index (κ1) is 20.7. The van der Waals surface area contributed by atoms with Crippen molar-refractivity contribution in [1.29, 1.82) is 0 Å². The number of nitro groups is 1. The number of hydrogen-bond donors (Lipinski definition) is 0. The van der Waals surface area contributed by atoms with Gasteiger partial charge in [0.15, 0.2) is 0 Å². The minimum Gasteiger partial charge on any atom is -0.318 e. The van der Waals surface area contributed by atoms with Crippen molar-refractivity contribution in [3.63, 3.8) is 0 Å². The van der Waals surface area contributed by atoms with Crippen LogP contribution < -0.4 is 0 Å². The van der Waals surface area contributed by atoms with Gasteiger partial charge in [0.25, 0.3) is 5.69 Å². The fourth-order valence-electron chi connectivity index (χ4n) is 4.52. The molecule has 3 rings (SSSR count). The van der Waals surface area contributed by atoms with Gasteiger partial charge in [-0.05, 0) is 59.7 Å². The zero-order valence-electron chi connectivity index (χ0n) is 17.3. The lowest BCUT2D eigenvalue weighted by Crippen LogP contribution is -2.25. The number of nitrogens with zero attached hydrogens (tertiary/aromatic N) is 2. The highest BCUT2D eigenvalue weighted by Crippen LogP contribution is 2.54. The van der Waals surface area contributed by atoms with Crippen LogP contribution in [0.5, 0.6) is 0 Å². The fraction of sp³-hybridized carbons (Fsp3) is 0.391. The number of carbonyl (C=O) groups excluding carboxylic acids is 1. The monoisotopic (exact) mass is 394 g/mol. The van der Waals surface area contributed by atoms with E-state index in [9.17, 15) is 14.9 Å².